The molecule has 1 aliphatic heterocycles. The summed E-state index contributed by atoms with van der Waals surface area (Å²) in [5, 5.41) is 3.83. The summed E-state index contributed by atoms with van der Waals surface area (Å²) in [4.78, 5) is 2.69. The molecule has 1 N–H and O–H groups in total. The smallest absolute Gasteiger partial charge is 0.0615 e. The van der Waals surface area contributed by atoms with Crippen LogP contribution in [0.15, 0.2) is 0 Å². The van der Waals surface area contributed by atoms with Crippen LogP contribution in [-0.2, 0) is 4.74 Å². The molecule has 114 valence electrons. The molecule has 1 aliphatic rings. The van der Waals surface area contributed by atoms with Crippen LogP contribution < -0.4 is 5.32 Å². The van der Waals surface area contributed by atoms with Gasteiger partial charge in [-0.1, -0.05) is 27.7 Å². The summed E-state index contributed by atoms with van der Waals surface area (Å²) in [6, 6.07) is 1.16. The van der Waals surface area contributed by atoms with E-state index >= 15 is 0 Å². The van der Waals surface area contributed by atoms with E-state index in [2.05, 4.69) is 44.8 Å². The highest BCUT2D eigenvalue weighted by molar-refractivity contribution is 4.98. The SMILES string of the molecule is CCC1(CC)CN(C(C)COC)C(CC(C)C)CN1. The molecule has 0 amide bonds. The van der Waals surface area contributed by atoms with Gasteiger partial charge in [0, 0.05) is 37.8 Å². The molecule has 0 spiro atoms. The number of nitrogens with one attached hydrogen (secondary N) is 1. The maximum atomic E-state index is 5.38. The maximum Gasteiger partial charge on any atom is 0.0615 e. The lowest BCUT2D eigenvalue weighted by atomic mass is 9.86. The van der Waals surface area contributed by atoms with Crippen LogP contribution in [0.5, 0.6) is 0 Å². The summed E-state index contributed by atoms with van der Waals surface area (Å²) in [5.74, 6) is 0.750. The highest BCUT2D eigenvalue weighted by atomic mass is 16.5. The van der Waals surface area contributed by atoms with E-state index < -0.39 is 0 Å². The van der Waals surface area contributed by atoms with Crippen LogP contribution in [0, 0.1) is 5.92 Å². The highest BCUT2D eigenvalue weighted by Crippen LogP contribution is 2.27. The van der Waals surface area contributed by atoms with E-state index in [4.69, 9.17) is 4.74 Å². The lowest BCUT2D eigenvalue weighted by molar-refractivity contribution is 0.00499. The third-order valence-electron chi connectivity index (χ3n) is 4.74. The first-order valence-corrected chi connectivity index (χ1v) is 7.97. The van der Waals surface area contributed by atoms with Crippen LogP contribution in [0.4, 0.5) is 0 Å². The molecule has 0 aliphatic carbocycles. The number of methoxy groups -OCH3 is 1. The molecule has 0 bridgehead atoms. The molecule has 1 fully saturated rings. The number of piperazine rings is 1. The van der Waals surface area contributed by atoms with Crippen molar-refractivity contribution in [3.63, 3.8) is 0 Å². The first-order chi connectivity index (χ1) is 8.98. The largest absolute Gasteiger partial charge is 0.383 e. The Hall–Kier alpha value is -0.120. The average molecular weight is 270 g/mol. The molecule has 3 nitrogen and oxygen atoms in total. The summed E-state index contributed by atoms with van der Waals surface area (Å²) >= 11 is 0. The fraction of sp³-hybridized carbons (Fsp3) is 1.00. The van der Waals surface area contributed by atoms with Gasteiger partial charge >= 0.3 is 0 Å². The number of ether oxygens (including phenoxy) is 1. The average Bonchev–Trinajstić information content (AvgIpc) is 2.39. The van der Waals surface area contributed by atoms with Gasteiger partial charge in [0.25, 0.3) is 0 Å². The fourth-order valence-corrected chi connectivity index (χ4v) is 3.33. The maximum absolute atomic E-state index is 5.38. The normalized spacial score (nSPS) is 25.7. The second kappa shape index (κ2) is 7.61. The highest BCUT2D eigenvalue weighted by Gasteiger charge is 2.38. The van der Waals surface area contributed by atoms with Gasteiger partial charge in [-0.15, -0.1) is 0 Å². The summed E-state index contributed by atoms with van der Waals surface area (Å²) in [6.45, 7) is 14.7. The zero-order valence-corrected chi connectivity index (χ0v) is 13.8. The van der Waals surface area contributed by atoms with Crippen LogP contribution in [0.1, 0.15) is 53.9 Å². The quantitative estimate of drug-likeness (QED) is 0.770. The molecule has 1 saturated heterocycles. The van der Waals surface area contributed by atoms with Crippen molar-refractivity contribution in [3.8, 4) is 0 Å². The Labute approximate surface area is 120 Å². The molecule has 2 atom stereocenters. The standard InChI is InChI=1S/C16H34N2O/c1-7-16(8-2)12-18(14(5)11-19-6)15(10-17-16)9-13(3)4/h13-15,17H,7-12H2,1-6H3. The Bertz CT molecular complexity index is 251. The van der Waals surface area contributed by atoms with Gasteiger partial charge in [-0.3, -0.25) is 4.90 Å². The molecule has 0 aromatic rings. The fourth-order valence-electron chi connectivity index (χ4n) is 3.33. The molecular weight excluding hydrogens is 236 g/mol. The zero-order valence-electron chi connectivity index (χ0n) is 13.8. The number of nitrogens with zero attached hydrogens (tertiary/aromatic N) is 1. The molecule has 1 heterocycles. The third kappa shape index (κ3) is 4.44. The summed E-state index contributed by atoms with van der Waals surface area (Å²) in [5.41, 5.74) is 0.301. The summed E-state index contributed by atoms with van der Waals surface area (Å²) < 4.78 is 5.38. The van der Waals surface area contributed by atoms with Gasteiger partial charge in [-0.2, -0.15) is 0 Å². The van der Waals surface area contributed by atoms with E-state index in [1.165, 1.54) is 19.3 Å². The van der Waals surface area contributed by atoms with Crippen LogP contribution in [-0.4, -0.2) is 49.3 Å². The first kappa shape index (κ1) is 16.9. The Kier molecular flexibility index (Phi) is 6.78. The van der Waals surface area contributed by atoms with E-state index in [9.17, 15) is 0 Å². The van der Waals surface area contributed by atoms with Crippen LogP contribution in [0.25, 0.3) is 0 Å². The second-order valence-electron chi connectivity index (χ2n) is 6.63. The predicted molar refractivity (Wildman–Crippen MR) is 82.6 cm³/mol. The van der Waals surface area contributed by atoms with Crippen molar-refractivity contribution in [2.45, 2.75) is 71.5 Å². The molecule has 0 radical (unpaired) electrons. The van der Waals surface area contributed by atoms with Gasteiger partial charge in [0.05, 0.1) is 6.61 Å². The monoisotopic (exact) mass is 270 g/mol. The van der Waals surface area contributed by atoms with Gasteiger partial charge < -0.3 is 10.1 Å². The van der Waals surface area contributed by atoms with E-state index in [-0.39, 0.29) is 0 Å². The van der Waals surface area contributed by atoms with E-state index in [1.807, 2.05) is 7.11 Å². The van der Waals surface area contributed by atoms with Crippen LogP contribution in [0.3, 0.4) is 0 Å². The zero-order chi connectivity index (χ0) is 14.5. The van der Waals surface area contributed by atoms with Gasteiger partial charge in [-0.25, -0.2) is 0 Å². The van der Waals surface area contributed by atoms with Crippen molar-refractivity contribution in [3.05, 3.63) is 0 Å². The van der Waals surface area contributed by atoms with E-state index in [0.29, 0.717) is 17.6 Å². The molecule has 2 unspecified atom stereocenters. The molecule has 0 aromatic carbocycles. The summed E-state index contributed by atoms with van der Waals surface area (Å²) in [7, 11) is 1.81. The topological polar surface area (TPSA) is 24.5 Å². The van der Waals surface area contributed by atoms with Crippen molar-refractivity contribution in [1.82, 2.24) is 10.2 Å². The Balaban J connectivity index is 2.79. The lowest BCUT2D eigenvalue weighted by Crippen LogP contribution is -2.66. The summed E-state index contributed by atoms with van der Waals surface area (Å²) in [6.07, 6.45) is 3.67. The number of rotatable bonds is 7. The lowest BCUT2D eigenvalue weighted by Gasteiger charge is -2.50. The van der Waals surface area contributed by atoms with Crippen molar-refractivity contribution < 1.29 is 4.74 Å². The van der Waals surface area contributed by atoms with Crippen molar-refractivity contribution in [2.75, 3.05) is 26.8 Å². The van der Waals surface area contributed by atoms with E-state index in [1.54, 1.807) is 0 Å². The predicted octanol–water partition coefficient (Wildman–Crippen LogP) is 2.90. The minimum Gasteiger partial charge on any atom is -0.383 e. The molecule has 1 rings (SSSR count). The molecule has 19 heavy (non-hydrogen) atoms. The molecule has 3 heteroatoms. The van der Waals surface area contributed by atoms with Crippen LogP contribution in [0.2, 0.25) is 0 Å². The Morgan fingerprint density at radius 1 is 1.26 bits per heavy atom. The van der Waals surface area contributed by atoms with Crippen molar-refractivity contribution in [2.24, 2.45) is 5.92 Å². The van der Waals surface area contributed by atoms with Crippen LogP contribution >= 0.6 is 0 Å². The van der Waals surface area contributed by atoms with Gasteiger partial charge in [-0.05, 0) is 32.1 Å². The first-order valence-electron chi connectivity index (χ1n) is 7.97. The van der Waals surface area contributed by atoms with Crippen molar-refractivity contribution in [1.29, 1.82) is 0 Å². The van der Waals surface area contributed by atoms with Crippen molar-refractivity contribution >= 4 is 0 Å². The molecule has 0 aromatic heterocycles. The molecule has 0 saturated carbocycles. The van der Waals surface area contributed by atoms with Gasteiger partial charge in [0.1, 0.15) is 0 Å². The Morgan fingerprint density at radius 3 is 2.37 bits per heavy atom. The second-order valence-corrected chi connectivity index (χ2v) is 6.63. The Morgan fingerprint density at radius 2 is 1.89 bits per heavy atom. The van der Waals surface area contributed by atoms with Gasteiger partial charge in [0.2, 0.25) is 0 Å². The minimum atomic E-state index is 0.301. The molecular formula is C16H34N2O. The number of hydrogen-bond donors (Lipinski definition) is 1. The number of hydrogen-bond acceptors (Lipinski definition) is 3. The third-order valence-corrected chi connectivity index (χ3v) is 4.74. The van der Waals surface area contributed by atoms with E-state index in [0.717, 1.165) is 25.6 Å². The van der Waals surface area contributed by atoms with Gasteiger partial charge in [0.15, 0.2) is 0 Å². The minimum absolute atomic E-state index is 0.301.